The predicted molar refractivity (Wildman–Crippen MR) is 72.3 cm³/mol. The van der Waals surface area contributed by atoms with Crippen molar-refractivity contribution in [3.05, 3.63) is 48.2 Å². The van der Waals surface area contributed by atoms with E-state index >= 15 is 0 Å². The van der Waals surface area contributed by atoms with Crippen LogP contribution in [-0.4, -0.2) is 18.1 Å². The summed E-state index contributed by atoms with van der Waals surface area (Å²) in [6.07, 6.45) is -1.46. The van der Waals surface area contributed by atoms with Crippen molar-refractivity contribution in [2.24, 2.45) is 5.92 Å². The summed E-state index contributed by atoms with van der Waals surface area (Å²) in [5, 5.41) is 3.17. The van der Waals surface area contributed by atoms with Crippen molar-refractivity contribution in [2.45, 2.75) is 18.7 Å². The number of rotatable bonds is 4. The van der Waals surface area contributed by atoms with Crippen LogP contribution in [0.25, 0.3) is 0 Å². The molecular weight excluding hydrogens is 297 g/mol. The maximum absolute atomic E-state index is 13.1. The van der Waals surface area contributed by atoms with E-state index in [1.54, 1.807) is 0 Å². The molecule has 4 nitrogen and oxygen atoms in total. The molecule has 0 bridgehead atoms. The molecule has 7 heteroatoms. The molecule has 0 amide bonds. The van der Waals surface area contributed by atoms with Gasteiger partial charge < -0.3 is 14.5 Å². The van der Waals surface area contributed by atoms with Crippen LogP contribution in [0.15, 0.2) is 41.1 Å². The lowest BCUT2D eigenvalue weighted by Gasteiger charge is -2.23. The fraction of sp³-hybridized carbons (Fsp3) is 0.400. The molecule has 1 aliphatic heterocycles. The largest absolute Gasteiger partial charge is 0.480 e. The van der Waals surface area contributed by atoms with Crippen molar-refractivity contribution in [3.8, 4) is 5.75 Å². The number of benzene rings is 1. The monoisotopic (exact) mass is 312 g/mol. The van der Waals surface area contributed by atoms with Gasteiger partial charge in [-0.1, -0.05) is 12.1 Å². The molecule has 0 spiro atoms. The Bertz CT molecular complexity index is 608. The summed E-state index contributed by atoms with van der Waals surface area (Å²) in [4.78, 5) is 4.05. The average Bonchev–Trinajstić information content (AvgIpc) is 3.18. The first-order valence-corrected chi connectivity index (χ1v) is 6.98. The van der Waals surface area contributed by atoms with Crippen molar-refractivity contribution in [1.29, 1.82) is 0 Å². The Kier molecular flexibility index (Phi) is 4.06. The van der Waals surface area contributed by atoms with E-state index in [-0.39, 0.29) is 11.7 Å². The molecule has 22 heavy (non-hydrogen) atoms. The van der Waals surface area contributed by atoms with Crippen LogP contribution in [0.1, 0.15) is 24.0 Å². The Balaban J connectivity index is 1.91. The van der Waals surface area contributed by atoms with Crippen LogP contribution >= 0.6 is 0 Å². The maximum atomic E-state index is 13.1. The summed E-state index contributed by atoms with van der Waals surface area (Å²) in [5.74, 6) is 0.107. The number of hydrogen-bond acceptors (Lipinski definition) is 4. The summed E-state index contributed by atoms with van der Waals surface area (Å²) in [6, 6.07) is 5.19. The summed E-state index contributed by atoms with van der Waals surface area (Å²) in [5.41, 5.74) is -0.794. The van der Waals surface area contributed by atoms with Gasteiger partial charge in [0.2, 0.25) is 5.89 Å². The minimum atomic E-state index is -4.47. The van der Waals surface area contributed by atoms with E-state index in [0.29, 0.717) is 12.4 Å². The lowest BCUT2D eigenvalue weighted by Crippen LogP contribution is -2.23. The van der Waals surface area contributed by atoms with Gasteiger partial charge in [0.05, 0.1) is 11.8 Å². The summed E-state index contributed by atoms with van der Waals surface area (Å²) in [6.45, 7) is 1.45. The van der Waals surface area contributed by atoms with Crippen LogP contribution in [-0.2, 0) is 6.18 Å². The Morgan fingerprint density at radius 3 is 2.77 bits per heavy atom. The van der Waals surface area contributed by atoms with Gasteiger partial charge >= 0.3 is 6.18 Å². The van der Waals surface area contributed by atoms with Crippen LogP contribution < -0.4 is 10.1 Å². The normalized spacial score (nSPS) is 20.0. The Morgan fingerprint density at radius 2 is 2.14 bits per heavy atom. The van der Waals surface area contributed by atoms with E-state index in [4.69, 9.17) is 9.15 Å². The minimum Gasteiger partial charge on any atom is -0.480 e. The maximum Gasteiger partial charge on any atom is 0.419 e. The highest BCUT2D eigenvalue weighted by molar-refractivity contribution is 5.36. The molecule has 2 aromatic rings. The first-order chi connectivity index (χ1) is 10.6. The number of aromatic nitrogens is 1. The highest BCUT2D eigenvalue weighted by Crippen LogP contribution is 2.39. The van der Waals surface area contributed by atoms with Crippen LogP contribution in [0.5, 0.6) is 5.75 Å². The summed E-state index contributed by atoms with van der Waals surface area (Å²) >= 11 is 0. The third-order valence-corrected chi connectivity index (χ3v) is 3.67. The molecule has 1 aromatic carbocycles. The molecule has 2 atom stereocenters. The van der Waals surface area contributed by atoms with Crippen LogP contribution in [0.2, 0.25) is 0 Å². The molecule has 0 saturated carbocycles. The third-order valence-electron chi connectivity index (χ3n) is 3.67. The highest BCUT2D eigenvalue weighted by atomic mass is 19.4. The van der Waals surface area contributed by atoms with Gasteiger partial charge in [-0.15, -0.1) is 0 Å². The zero-order valence-electron chi connectivity index (χ0n) is 11.6. The molecule has 1 aromatic heterocycles. The van der Waals surface area contributed by atoms with E-state index in [9.17, 15) is 13.2 Å². The number of ether oxygens (including phenoxy) is 1. The zero-order valence-corrected chi connectivity index (χ0v) is 11.6. The predicted octanol–water partition coefficient (Wildman–Crippen LogP) is 3.42. The van der Waals surface area contributed by atoms with Gasteiger partial charge in [0, 0.05) is 12.5 Å². The molecule has 1 saturated heterocycles. The van der Waals surface area contributed by atoms with E-state index in [1.165, 1.54) is 30.7 Å². The number of nitrogens with one attached hydrogen (secondary N) is 1. The number of hydrogen-bond donors (Lipinski definition) is 1. The molecule has 1 N–H and O–H groups in total. The van der Waals surface area contributed by atoms with Crippen molar-refractivity contribution in [1.82, 2.24) is 10.3 Å². The highest BCUT2D eigenvalue weighted by Gasteiger charge is 2.37. The Morgan fingerprint density at radius 1 is 1.32 bits per heavy atom. The third kappa shape index (κ3) is 3.09. The smallest absolute Gasteiger partial charge is 0.419 e. The van der Waals surface area contributed by atoms with Gasteiger partial charge in [0.25, 0.3) is 0 Å². The SMILES string of the molecule is FC(F)(F)c1ccccc1O[C@H](c1ncco1)C1CCNC1. The molecule has 118 valence electrons. The molecular formula is C15H15F3N2O2. The number of halogens is 3. The van der Waals surface area contributed by atoms with Crippen molar-refractivity contribution < 1.29 is 22.3 Å². The first kappa shape index (κ1) is 14.9. The molecule has 2 heterocycles. The van der Waals surface area contributed by atoms with Crippen molar-refractivity contribution in [3.63, 3.8) is 0 Å². The Labute approximate surface area is 125 Å². The van der Waals surface area contributed by atoms with Gasteiger partial charge in [0.15, 0.2) is 6.10 Å². The lowest BCUT2D eigenvalue weighted by atomic mass is 10.0. The molecule has 3 rings (SSSR count). The zero-order chi connectivity index (χ0) is 15.6. The number of nitrogens with zero attached hydrogens (tertiary/aromatic N) is 1. The molecule has 0 aliphatic carbocycles. The van der Waals surface area contributed by atoms with Gasteiger partial charge in [-0.2, -0.15) is 13.2 Å². The van der Waals surface area contributed by atoms with Gasteiger partial charge in [-0.25, -0.2) is 4.98 Å². The standard InChI is InChI=1S/C15H15F3N2O2/c16-15(17,18)11-3-1-2-4-12(11)22-13(10-5-6-19-9-10)14-20-7-8-21-14/h1-4,7-8,10,13,19H,5-6,9H2/t10?,13-/m0/s1. The van der Waals surface area contributed by atoms with Crippen LogP contribution in [0.4, 0.5) is 13.2 Å². The van der Waals surface area contributed by atoms with Gasteiger partial charge in [-0.3, -0.25) is 0 Å². The second-order valence-electron chi connectivity index (χ2n) is 5.16. The van der Waals surface area contributed by atoms with Gasteiger partial charge in [0.1, 0.15) is 12.0 Å². The van der Waals surface area contributed by atoms with E-state index in [0.717, 1.165) is 19.0 Å². The number of para-hydroxylation sites is 1. The second-order valence-corrected chi connectivity index (χ2v) is 5.16. The topological polar surface area (TPSA) is 47.3 Å². The number of oxazole rings is 1. The average molecular weight is 312 g/mol. The van der Waals surface area contributed by atoms with Crippen LogP contribution in [0.3, 0.4) is 0 Å². The van der Waals surface area contributed by atoms with Crippen LogP contribution in [0, 0.1) is 5.92 Å². The minimum absolute atomic E-state index is 0.0138. The van der Waals surface area contributed by atoms with Crippen molar-refractivity contribution >= 4 is 0 Å². The fourth-order valence-electron chi connectivity index (χ4n) is 2.60. The van der Waals surface area contributed by atoms with E-state index in [2.05, 4.69) is 10.3 Å². The van der Waals surface area contributed by atoms with E-state index in [1.807, 2.05) is 0 Å². The quantitative estimate of drug-likeness (QED) is 0.939. The lowest BCUT2D eigenvalue weighted by molar-refractivity contribution is -0.139. The van der Waals surface area contributed by atoms with Crippen molar-refractivity contribution in [2.75, 3.05) is 13.1 Å². The second kappa shape index (κ2) is 6.00. The summed E-state index contributed by atoms with van der Waals surface area (Å²) < 4.78 is 50.2. The molecule has 0 radical (unpaired) electrons. The van der Waals surface area contributed by atoms with Gasteiger partial charge in [-0.05, 0) is 25.1 Å². The molecule has 1 unspecified atom stereocenters. The first-order valence-electron chi connectivity index (χ1n) is 6.98. The molecule has 1 aliphatic rings. The fourth-order valence-corrected chi connectivity index (χ4v) is 2.60. The number of alkyl halides is 3. The summed E-state index contributed by atoms with van der Waals surface area (Å²) in [7, 11) is 0. The molecule has 1 fully saturated rings. The van der Waals surface area contributed by atoms with E-state index < -0.39 is 17.8 Å². The Hall–Kier alpha value is -2.02.